The molecule has 0 unspecified atom stereocenters. The molecule has 2 aromatic carbocycles. The first-order chi connectivity index (χ1) is 13.6. The third-order valence-corrected chi connectivity index (χ3v) is 3.60. The fourth-order valence-electron chi connectivity index (χ4n) is 2.22. The predicted molar refractivity (Wildman–Crippen MR) is 108 cm³/mol. The number of carbonyl (C=O) groups excluding carboxylic acids is 1. The minimum absolute atomic E-state index is 0.0316. The lowest BCUT2D eigenvalue weighted by Gasteiger charge is -2.09. The second-order valence-corrected chi connectivity index (χ2v) is 5.53. The summed E-state index contributed by atoms with van der Waals surface area (Å²) in [6, 6.07) is 15.3. The van der Waals surface area contributed by atoms with Gasteiger partial charge in [-0.25, -0.2) is 4.79 Å². The number of carbonyl (C=O) groups is 1. The van der Waals surface area contributed by atoms with Gasteiger partial charge in [-0.3, -0.25) is 5.41 Å². The molecule has 0 aliphatic rings. The summed E-state index contributed by atoms with van der Waals surface area (Å²) in [7, 11) is 0. The van der Waals surface area contributed by atoms with Gasteiger partial charge >= 0.3 is 5.97 Å². The van der Waals surface area contributed by atoms with Gasteiger partial charge in [-0.05, 0) is 41.5 Å². The molecule has 0 fully saturated rings. The van der Waals surface area contributed by atoms with Gasteiger partial charge in [0.25, 0.3) is 0 Å². The maximum absolute atomic E-state index is 10.9. The number of nitrogens with one attached hydrogen (secondary N) is 1. The third kappa shape index (κ3) is 6.99. The van der Waals surface area contributed by atoms with Crippen molar-refractivity contribution in [1.29, 1.82) is 5.41 Å². The maximum atomic E-state index is 10.9. The molecule has 0 amide bonds. The summed E-state index contributed by atoms with van der Waals surface area (Å²) in [6.07, 6.45) is 2.45. The molecule has 0 heterocycles. The van der Waals surface area contributed by atoms with Crippen molar-refractivity contribution in [1.82, 2.24) is 0 Å². The molecule has 0 atom stereocenters. The number of hydrogen-bond acceptors (Lipinski definition) is 6. The molecular weight excluding hydrogens is 358 g/mol. The second-order valence-electron chi connectivity index (χ2n) is 5.53. The van der Waals surface area contributed by atoms with E-state index >= 15 is 0 Å². The third-order valence-electron chi connectivity index (χ3n) is 3.60. The van der Waals surface area contributed by atoms with Crippen molar-refractivity contribution in [2.75, 3.05) is 26.4 Å². The molecule has 2 aromatic rings. The molecule has 6 nitrogen and oxygen atoms in total. The predicted octanol–water partition coefficient (Wildman–Crippen LogP) is 4.02. The summed E-state index contributed by atoms with van der Waals surface area (Å²) in [5, 5.41) is 7.30. The van der Waals surface area contributed by atoms with Gasteiger partial charge in [0, 0.05) is 6.08 Å². The number of benzene rings is 2. The number of rotatable bonds is 11. The Bertz CT molecular complexity index is 727. The van der Waals surface area contributed by atoms with Crippen LogP contribution < -0.4 is 9.47 Å². The average Bonchev–Trinajstić information content (AvgIpc) is 2.74. The van der Waals surface area contributed by atoms with Crippen LogP contribution in [0.5, 0.6) is 11.5 Å². The molecule has 6 heteroatoms. The Balaban J connectivity index is 1.79. The molecule has 0 radical (unpaired) electrons. The lowest BCUT2D eigenvalue weighted by atomic mass is 10.1. The first kappa shape index (κ1) is 20.8. The Kier molecular flexibility index (Phi) is 8.33. The van der Waals surface area contributed by atoms with Crippen LogP contribution in [-0.4, -0.2) is 38.3 Å². The minimum Gasteiger partial charge on any atom is -0.490 e. The largest absolute Gasteiger partial charge is 0.490 e. The summed E-state index contributed by atoms with van der Waals surface area (Å²) >= 11 is 0. The lowest BCUT2D eigenvalue weighted by Crippen LogP contribution is -2.10. The smallest absolute Gasteiger partial charge is 0.330 e. The van der Waals surface area contributed by atoms with Crippen molar-refractivity contribution in [2.45, 2.75) is 0 Å². The Morgan fingerprint density at radius 1 is 0.750 bits per heavy atom. The highest BCUT2D eigenvalue weighted by molar-refractivity contribution is 5.83. The van der Waals surface area contributed by atoms with Crippen LogP contribution in [0.2, 0.25) is 0 Å². The van der Waals surface area contributed by atoms with Crippen molar-refractivity contribution in [3.05, 3.63) is 73.8 Å². The quantitative estimate of drug-likeness (QED) is 0.209. The molecule has 0 saturated heterocycles. The van der Waals surface area contributed by atoms with E-state index in [9.17, 15) is 4.79 Å². The highest BCUT2D eigenvalue weighted by Gasteiger charge is 2.02. The zero-order chi connectivity index (χ0) is 20.2. The van der Waals surface area contributed by atoms with Crippen molar-refractivity contribution >= 4 is 11.9 Å². The van der Waals surface area contributed by atoms with Gasteiger partial charge in [0.15, 0.2) is 0 Å². The van der Waals surface area contributed by atoms with E-state index in [0.29, 0.717) is 19.0 Å². The average molecular weight is 381 g/mol. The highest BCUT2D eigenvalue weighted by Crippen LogP contribution is 2.24. The highest BCUT2D eigenvalue weighted by atomic mass is 16.6. The summed E-state index contributed by atoms with van der Waals surface area (Å²) in [5.74, 6) is 0.995. The maximum Gasteiger partial charge on any atom is 0.330 e. The zero-order valence-corrected chi connectivity index (χ0v) is 15.6. The van der Waals surface area contributed by atoms with Crippen molar-refractivity contribution < 1.29 is 23.7 Å². The van der Waals surface area contributed by atoms with Crippen LogP contribution in [-0.2, 0) is 14.3 Å². The molecule has 0 spiro atoms. The van der Waals surface area contributed by atoms with Crippen molar-refractivity contribution in [2.24, 2.45) is 0 Å². The van der Waals surface area contributed by atoms with Crippen LogP contribution in [0.1, 0.15) is 0 Å². The molecule has 28 heavy (non-hydrogen) atoms. The summed E-state index contributed by atoms with van der Waals surface area (Å²) in [6.45, 7) is 7.88. The Morgan fingerprint density at radius 2 is 1.21 bits per heavy atom. The van der Waals surface area contributed by atoms with E-state index in [0.717, 1.165) is 23.0 Å². The monoisotopic (exact) mass is 381 g/mol. The molecule has 0 saturated carbocycles. The molecule has 0 aliphatic carbocycles. The Labute approximate surface area is 164 Å². The molecular formula is C22H23NO5. The van der Waals surface area contributed by atoms with Gasteiger partial charge in [-0.2, -0.15) is 0 Å². The number of ether oxygens (including phenoxy) is 4. The van der Waals surface area contributed by atoms with E-state index < -0.39 is 5.97 Å². The van der Waals surface area contributed by atoms with E-state index in [4.69, 9.17) is 24.4 Å². The van der Waals surface area contributed by atoms with Crippen LogP contribution in [0.4, 0.5) is 0 Å². The molecule has 2 rings (SSSR count). The van der Waals surface area contributed by atoms with Crippen LogP contribution in [0.15, 0.2) is 73.8 Å². The molecule has 1 N–H and O–H groups in total. The van der Waals surface area contributed by atoms with Gasteiger partial charge in [-0.15, -0.1) is 0 Å². The standard InChI is InChI=1S/C22H23NO5/c1-3-21(23)27-15-13-25-19-9-5-17(6-10-19)18-7-11-20(12-8-18)26-14-16-28-22(24)4-2/h3-12,23H,1-2,13-16H2. The fraction of sp³-hybridized carbons (Fsp3) is 0.182. The van der Waals surface area contributed by atoms with E-state index in [1.807, 2.05) is 48.5 Å². The summed E-state index contributed by atoms with van der Waals surface area (Å²) in [4.78, 5) is 10.9. The molecule has 0 aromatic heterocycles. The van der Waals surface area contributed by atoms with Gasteiger partial charge in [0.1, 0.15) is 37.9 Å². The van der Waals surface area contributed by atoms with Crippen LogP contribution in [0.3, 0.4) is 0 Å². The van der Waals surface area contributed by atoms with E-state index in [-0.39, 0.29) is 19.1 Å². The SMILES string of the molecule is C=CC(=N)OCCOc1ccc(-c2ccc(OCCOC(=O)C=C)cc2)cc1. The number of hydrogen-bond donors (Lipinski definition) is 1. The van der Waals surface area contributed by atoms with Gasteiger partial charge < -0.3 is 18.9 Å². The first-order valence-corrected chi connectivity index (χ1v) is 8.71. The molecule has 146 valence electrons. The van der Waals surface area contributed by atoms with Crippen LogP contribution in [0, 0.1) is 5.41 Å². The van der Waals surface area contributed by atoms with Gasteiger partial charge in [0.05, 0.1) is 0 Å². The van der Waals surface area contributed by atoms with Crippen LogP contribution in [0.25, 0.3) is 11.1 Å². The van der Waals surface area contributed by atoms with Crippen LogP contribution >= 0.6 is 0 Å². The topological polar surface area (TPSA) is 77.8 Å². The van der Waals surface area contributed by atoms with E-state index in [1.165, 1.54) is 6.08 Å². The minimum atomic E-state index is -0.463. The summed E-state index contributed by atoms with van der Waals surface area (Å²) in [5.41, 5.74) is 2.09. The first-order valence-electron chi connectivity index (χ1n) is 8.71. The Hall–Kier alpha value is -3.54. The van der Waals surface area contributed by atoms with E-state index in [1.54, 1.807) is 0 Å². The fourth-order valence-corrected chi connectivity index (χ4v) is 2.22. The van der Waals surface area contributed by atoms with Crippen molar-refractivity contribution in [3.63, 3.8) is 0 Å². The molecule has 0 bridgehead atoms. The second kappa shape index (κ2) is 11.2. The summed E-state index contributed by atoms with van der Waals surface area (Å²) < 4.78 is 21.0. The van der Waals surface area contributed by atoms with Gasteiger partial charge in [-0.1, -0.05) is 37.4 Å². The lowest BCUT2D eigenvalue weighted by molar-refractivity contribution is -0.138. The zero-order valence-electron chi connectivity index (χ0n) is 15.6. The molecule has 0 aliphatic heterocycles. The normalized spacial score (nSPS) is 9.86. The Morgan fingerprint density at radius 3 is 1.64 bits per heavy atom. The number of esters is 1. The van der Waals surface area contributed by atoms with Crippen molar-refractivity contribution in [3.8, 4) is 22.6 Å². The van der Waals surface area contributed by atoms with E-state index in [2.05, 4.69) is 13.2 Å². The van der Waals surface area contributed by atoms with Gasteiger partial charge in [0.2, 0.25) is 5.90 Å².